The second kappa shape index (κ2) is 10.4. The summed E-state index contributed by atoms with van der Waals surface area (Å²) in [5.41, 5.74) is 0. The van der Waals surface area contributed by atoms with Gasteiger partial charge in [-0.25, -0.2) is 9.59 Å². The van der Waals surface area contributed by atoms with Gasteiger partial charge in [0.1, 0.15) is 12.6 Å². The van der Waals surface area contributed by atoms with E-state index in [1.54, 1.807) is 27.7 Å². The lowest BCUT2D eigenvalue weighted by atomic mass is 10.0. The molecule has 20 heavy (non-hydrogen) atoms. The van der Waals surface area contributed by atoms with Gasteiger partial charge in [-0.05, 0) is 19.8 Å². The lowest BCUT2D eigenvalue weighted by molar-refractivity contribution is -0.143. The largest absolute Gasteiger partial charge is 0.508 e. The third-order valence-electron chi connectivity index (χ3n) is 2.13. The number of carboxylic acids is 1. The Morgan fingerprint density at radius 2 is 1.70 bits per heavy atom. The molecule has 118 valence electrons. The fourth-order valence-corrected chi connectivity index (χ4v) is 1.21. The monoisotopic (exact) mass is 309 g/mol. The number of ether oxygens (including phenoxy) is 2. The summed E-state index contributed by atoms with van der Waals surface area (Å²) in [6, 6.07) is -0.949. The normalized spacial score (nSPS) is 11.5. The first kappa shape index (κ1) is 20.9. The third-order valence-corrected chi connectivity index (χ3v) is 2.13. The zero-order valence-corrected chi connectivity index (χ0v) is 13.1. The van der Waals surface area contributed by atoms with Gasteiger partial charge in [-0.3, -0.25) is 4.79 Å². The Labute approximate surface area is 125 Å². The summed E-state index contributed by atoms with van der Waals surface area (Å²) in [7, 11) is 0. The van der Waals surface area contributed by atoms with Gasteiger partial charge in [0.25, 0.3) is 0 Å². The van der Waals surface area contributed by atoms with Crippen LogP contribution in [0.5, 0.6) is 0 Å². The van der Waals surface area contributed by atoms with Crippen LogP contribution >= 0.6 is 13.5 Å². The fraction of sp³-hybridized carbons (Fsp3) is 0.750. The van der Waals surface area contributed by atoms with E-state index in [9.17, 15) is 14.4 Å². The van der Waals surface area contributed by atoms with Crippen LogP contribution in [0.3, 0.4) is 0 Å². The number of amides is 1. The summed E-state index contributed by atoms with van der Waals surface area (Å²) in [4.78, 5) is 33.3. The molecule has 0 bridgehead atoms. The van der Waals surface area contributed by atoms with Crippen LogP contribution in [0, 0.1) is 5.92 Å². The first-order valence-electron chi connectivity index (χ1n) is 6.09. The number of carboxylic acid groups (broad SMARTS) is 1. The minimum absolute atomic E-state index is 0. The summed E-state index contributed by atoms with van der Waals surface area (Å²) in [6.07, 6.45) is -1.25. The second-order valence-corrected chi connectivity index (χ2v) is 4.64. The number of carbonyl (C=O) groups excluding carboxylic acids is 2. The number of hydrogen-bond donors (Lipinski definition) is 2. The first-order valence-corrected chi connectivity index (χ1v) is 6.09. The van der Waals surface area contributed by atoms with Crippen LogP contribution in [0.25, 0.3) is 0 Å². The average Bonchev–Trinajstić information content (AvgIpc) is 2.23. The van der Waals surface area contributed by atoms with Crippen LogP contribution in [0.4, 0.5) is 4.79 Å². The molecule has 0 saturated carbocycles. The Kier molecular flexibility index (Phi) is 10.8. The second-order valence-electron chi connectivity index (χ2n) is 4.64. The molecule has 0 aromatic rings. The van der Waals surface area contributed by atoms with E-state index in [-0.39, 0.29) is 38.5 Å². The molecule has 0 saturated heterocycles. The van der Waals surface area contributed by atoms with Gasteiger partial charge in [-0.1, -0.05) is 13.8 Å². The van der Waals surface area contributed by atoms with E-state index in [1.165, 1.54) is 0 Å². The molecule has 1 atom stereocenters. The van der Waals surface area contributed by atoms with Crippen LogP contribution in [0.2, 0.25) is 0 Å². The summed E-state index contributed by atoms with van der Waals surface area (Å²) < 4.78 is 9.36. The molecule has 0 aliphatic rings. The number of hydrogen-bond acceptors (Lipinski definition) is 5. The smallest absolute Gasteiger partial charge is 0.480 e. The fourth-order valence-electron chi connectivity index (χ4n) is 1.21. The van der Waals surface area contributed by atoms with Crippen molar-refractivity contribution in [2.24, 2.45) is 5.92 Å². The Hall–Kier alpha value is -1.44. The Morgan fingerprint density at radius 3 is 2.10 bits per heavy atom. The first-order chi connectivity index (χ1) is 8.73. The van der Waals surface area contributed by atoms with Crippen molar-refractivity contribution in [3.05, 3.63) is 0 Å². The van der Waals surface area contributed by atoms with E-state index < -0.39 is 24.1 Å². The molecule has 0 fully saturated rings. The van der Waals surface area contributed by atoms with Crippen molar-refractivity contribution in [2.45, 2.75) is 46.3 Å². The van der Waals surface area contributed by atoms with Gasteiger partial charge in [0.15, 0.2) is 0 Å². The lowest BCUT2D eigenvalue weighted by Crippen LogP contribution is -2.44. The summed E-state index contributed by atoms with van der Waals surface area (Å²) in [5.74, 6) is -1.81. The number of aliphatic carboxylic acids is 1. The van der Waals surface area contributed by atoms with E-state index in [2.05, 4.69) is 10.1 Å². The minimum Gasteiger partial charge on any atom is -0.480 e. The van der Waals surface area contributed by atoms with Crippen LogP contribution in [-0.4, -0.2) is 41.9 Å². The summed E-state index contributed by atoms with van der Waals surface area (Å²) in [6.45, 7) is 6.58. The Morgan fingerprint density at radius 1 is 1.15 bits per heavy atom. The quantitative estimate of drug-likeness (QED) is 0.687. The molecule has 1 unspecified atom stereocenters. The summed E-state index contributed by atoms with van der Waals surface area (Å²) >= 11 is 0. The maximum Gasteiger partial charge on any atom is 0.508 e. The van der Waals surface area contributed by atoms with Crippen molar-refractivity contribution in [3.8, 4) is 0 Å². The molecule has 0 radical (unpaired) electrons. The van der Waals surface area contributed by atoms with Crippen LogP contribution in [0.15, 0.2) is 0 Å². The topological polar surface area (TPSA) is 102 Å². The van der Waals surface area contributed by atoms with E-state index >= 15 is 0 Å². The Balaban J connectivity index is 0. The van der Waals surface area contributed by atoms with Gasteiger partial charge in [-0.15, -0.1) is 0 Å². The van der Waals surface area contributed by atoms with E-state index in [0.29, 0.717) is 0 Å². The molecule has 0 rings (SSSR count). The number of rotatable bonds is 7. The van der Waals surface area contributed by atoms with Crippen molar-refractivity contribution in [3.63, 3.8) is 0 Å². The van der Waals surface area contributed by atoms with Gasteiger partial charge in [0.05, 0.1) is 12.5 Å². The van der Waals surface area contributed by atoms with E-state index in [0.717, 1.165) is 0 Å². The average molecular weight is 309 g/mol. The molecule has 8 heteroatoms. The lowest BCUT2D eigenvalue weighted by Gasteiger charge is -2.17. The van der Waals surface area contributed by atoms with E-state index in [4.69, 9.17) is 9.84 Å². The molecule has 2 N–H and O–H groups in total. The number of carbonyl (C=O) groups is 3. The highest BCUT2D eigenvalue weighted by molar-refractivity contribution is 7.59. The molecular weight excluding hydrogens is 286 g/mol. The standard InChI is InChI=1S/C12H21NO6.H2S/c1-7(2)10(11(15)16)13-9(14)5-6-18-12(17)19-8(3)4;/h7-8,10H,5-6H2,1-4H3,(H,13,14)(H,15,16);1H2. The van der Waals surface area contributed by atoms with Crippen molar-refractivity contribution >= 4 is 31.5 Å². The molecule has 0 aliphatic heterocycles. The van der Waals surface area contributed by atoms with Gasteiger partial charge < -0.3 is 19.9 Å². The van der Waals surface area contributed by atoms with Crippen molar-refractivity contribution in [2.75, 3.05) is 6.61 Å². The van der Waals surface area contributed by atoms with Gasteiger partial charge >= 0.3 is 12.1 Å². The van der Waals surface area contributed by atoms with Crippen molar-refractivity contribution < 1.29 is 29.0 Å². The predicted molar refractivity (Wildman–Crippen MR) is 77.0 cm³/mol. The van der Waals surface area contributed by atoms with Gasteiger partial charge in [0, 0.05) is 0 Å². The van der Waals surface area contributed by atoms with Crippen LogP contribution in [-0.2, 0) is 19.1 Å². The molecule has 0 aliphatic carbocycles. The molecule has 0 aromatic carbocycles. The molecule has 1 amide bonds. The predicted octanol–water partition coefficient (Wildman–Crippen LogP) is 1.28. The molecule has 0 spiro atoms. The van der Waals surface area contributed by atoms with Crippen LogP contribution < -0.4 is 5.32 Å². The van der Waals surface area contributed by atoms with Crippen molar-refractivity contribution in [1.29, 1.82) is 0 Å². The van der Waals surface area contributed by atoms with Gasteiger partial charge in [0.2, 0.25) is 5.91 Å². The minimum atomic E-state index is -1.09. The van der Waals surface area contributed by atoms with Crippen molar-refractivity contribution in [1.82, 2.24) is 5.32 Å². The number of nitrogens with one attached hydrogen (secondary N) is 1. The maximum absolute atomic E-state index is 11.5. The highest BCUT2D eigenvalue weighted by atomic mass is 32.1. The zero-order valence-electron chi connectivity index (χ0n) is 12.1. The molecular formula is C12H23NO6S. The SMILES string of the molecule is CC(C)OC(=O)OCCC(=O)NC(C(=O)O)C(C)C.S. The van der Waals surface area contributed by atoms with E-state index in [1.807, 2.05) is 0 Å². The molecule has 0 heterocycles. The Bertz CT molecular complexity index is 332. The third kappa shape index (κ3) is 9.48. The molecule has 0 aromatic heterocycles. The summed E-state index contributed by atoms with van der Waals surface area (Å²) in [5, 5.41) is 11.2. The molecule has 7 nitrogen and oxygen atoms in total. The highest BCUT2D eigenvalue weighted by Crippen LogP contribution is 2.02. The van der Waals surface area contributed by atoms with Crippen LogP contribution in [0.1, 0.15) is 34.1 Å². The zero-order chi connectivity index (χ0) is 15.0. The van der Waals surface area contributed by atoms with Gasteiger partial charge in [-0.2, -0.15) is 13.5 Å². The highest BCUT2D eigenvalue weighted by Gasteiger charge is 2.23. The maximum atomic E-state index is 11.5.